The molecule has 1 unspecified atom stereocenters. The average molecular weight is 364 g/mol. The molecule has 1 aromatic rings. The highest BCUT2D eigenvalue weighted by Gasteiger charge is 2.10. The minimum atomic E-state index is -0.819. The fraction of sp³-hybridized carbons (Fsp3) is 0.385. The summed E-state index contributed by atoms with van der Waals surface area (Å²) in [6.07, 6.45) is 1.15. The third-order valence-electron chi connectivity index (χ3n) is 2.70. The second kappa shape index (κ2) is 8.11. The molecule has 1 rings (SSSR count). The summed E-state index contributed by atoms with van der Waals surface area (Å²) in [6, 6.07) is 4.74. The zero-order chi connectivity index (χ0) is 15.1. The molecule has 110 valence electrons. The molecule has 7 heteroatoms. The molecule has 0 saturated heterocycles. The fourth-order valence-electron chi connectivity index (χ4n) is 1.48. The van der Waals surface area contributed by atoms with E-state index in [0.717, 1.165) is 0 Å². The maximum atomic E-state index is 11.6. The Morgan fingerprint density at radius 1 is 1.45 bits per heavy atom. The van der Waals surface area contributed by atoms with E-state index in [2.05, 4.69) is 26.6 Å². The number of hydrogen-bond acceptors (Lipinski definition) is 2. The van der Waals surface area contributed by atoms with Gasteiger partial charge in [0.15, 0.2) is 0 Å². The molecule has 3 N–H and O–H groups in total. The Balaban J connectivity index is 2.30. The van der Waals surface area contributed by atoms with Crippen LogP contribution >= 0.6 is 27.5 Å². The molecule has 0 spiro atoms. The van der Waals surface area contributed by atoms with E-state index in [1.54, 1.807) is 25.1 Å². The molecule has 0 heterocycles. The SMILES string of the molecule is CC(CCCNC(=O)Nc1ccc(Cl)c(Br)c1)C(=O)O. The van der Waals surface area contributed by atoms with E-state index >= 15 is 0 Å². The minimum Gasteiger partial charge on any atom is -0.481 e. The van der Waals surface area contributed by atoms with E-state index < -0.39 is 11.9 Å². The van der Waals surface area contributed by atoms with Crippen LogP contribution in [-0.2, 0) is 4.79 Å². The summed E-state index contributed by atoms with van der Waals surface area (Å²) in [6.45, 7) is 2.08. The zero-order valence-corrected chi connectivity index (χ0v) is 13.3. The first-order valence-electron chi connectivity index (χ1n) is 6.13. The molecule has 0 aliphatic rings. The van der Waals surface area contributed by atoms with E-state index in [1.807, 2.05) is 0 Å². The van der Waals surface area contributed by atoms with Crippen molar-refractivity contribution in [3.8, 4) is 0 Å². The predicted octanol–water partition coefficient (Wildman–Crippen LogP) is 3.72. The van der Waals surface area contributed by atoms with Crippen molar-refractivity contribution in [2.45, 2.75) is 19.8 Å². The van der Waals surface area contributed by atoms with Gasteiger partial charge in [-0.15, -0.1) is 0 Å². The lowest BCUT2D eigenvalue weighted by Crippen LogP contribution is -2.29. The fourth-order valence-corrected chi connectivity index (χ4v) is 1.98. The Bertz CT molecular complexity index is 497. The first-order valence-corrected chi connectivity index (χ1v) is 7.30. The van der Waals surface area contributed by atoms with Crippen LogP contribution in [0.5, 0.6) is 0 Å². The number of anilines is 1. The molecule has 0 saturated carbocycles. The van der Waals surface area contributed by atoms with Crippen molar-refractivity contribution >= 4 is 45.2 Å². The lowest BCUT2D eigenvalue weighted by Gasteiger charge is -2.09. The first-order chi connectivity index (χ1) is 9.40. The molecule has 0 aliphatic carbocycles. The Morgan fingerprint density at radius 3 is 2.75 bits per heavy atom. The van der Waals surface area contributed by atoms with Gasteiger partial charge in [-0.2, -0.15) is 0 Å². The van der Waals surface area contributed by atoms with Crippen LogP contribution in [0.2, 0.25) is 5.02 Å². The van der Waals surface area contributed by atoms with Crippen molar-refractivity contribution in [1.82, 2.24) is 5.32 Å². The molecule has 0 bridgehead atoms. The third-order valence-corrected chi connectivity index (χ3v) is 3.91. The van der Waals surface area contributed by atoms with E-state index in [9.17, 15) is 9.59 Å². The van der Waals surface area contributed by atoms with Crippen LogP contribution in [0.3, 0.4) is 0 Å². The summed E-state index contributed by atoms with van der Waals surface area (Å²) in [4.78, 5) is 22.2. The van der Waals surface area contributed by atoms with Gasteiger partial charge >= 0.3 is 12.0 Å². The summed E-state index contributed by atoms with van der Waals surface area (Å²) in [5, 5.41) is 14.6. The molecule has 5 nitrogen and oxygen atoms in total. The molecule has 1 aromatic carbocycles. The van der Waals surface area contributed by atoms with Crippen molar-refractivity contribution in [3.05, 3.63) is 27.7 Å². The first kappa shape index (κ1) is 16.8. The highest BCUT2D eigenvalue weighted by atomic mass is 79.9. The third kappa shape index (κ3) is 5.79. The van der Waals surface area contributed by atoms with Crippen molar-refractivity contribution < 1.29 is 14.7 Å². The van der Waals surface area contributed by atoms with E-state index in [0.29, 0.717) is 34.6 Å². The predicted molar refractivity (Wildman–Crippen MR) is 82.2 cm³/mol. The number of benzene rings is 1. The molecule has 0 aliphatic heterocycles. The monoisotopic (exact) mass is 362 g/mol. The number of urea groups is 1. The Hall–Kier alpha value is -1.27. The second-order valence-electron chi connectivity index (χ2n) is 4.39. The summed E-state index contributed by atoms with van der Waals surface area (Å²) in [5.41, 5.74) is 0.623. The topological polar surface area (TPSA) is 78.4 Å². The number of carboxylic acids is 1. The lowest BCUT2D eigenvalue weighted by atomic mass is 10.1. The number of halogens is 2. The number of nitrogens with one attached hydrogen (secondary N) is 2. The Labute approximate surface area is 130 Å². The number of carbonyl (C=O) groups is 2. The van der Waals surface area contributed by atoms with E-state index in [4.69, 9.17) is 16.7 Å². The van der Waals surface area contributed by atoms with Gasteiger partial charge in [0.1, 0.15) is 0 Å². The summed E-state index contributed by atoms with van der Waals surface area (Å²) < 4.78 is 0.701. The van der Waals surface area contributed by atoms with Gasteiger partial charge < -0.3 is 15.7 Å². The Morgan fingerprint density at radius 2 is 2.15 bits per heavy atom. The van der Waals surface area contributed by atoms with Crippen molar-refractivity contribution in [1.29, 1.82) is 0 Å². The largest absolute Gasteiger partial charge is 0.481 e. The molecule has 0 radical (unpaired) electrons. The van der Waals surface area contributed by atoms with Crippen LogP contribution in [0, 0.1) is 5.92 Å². The zero-order valence-electron chi connectivity index (χ0n) is 11.0. The highest BCUT2D eigenvalue weighted by molar-refractivity contribution is 9.10. The summed E-state index contributed by atoms with van der Waals surface area (Å²) in [7, 11) is 0. The Kier molecular flexibility index (Phi) is 6.81. The number of hydrogen-bond donors (Lipinski definition) is 3. The molecule has 0 aromatic heterocycles. The molecule has 1 atom stereocenters. The number of carbonyl (C=O) groups excluding carboxylic acids is 1. The number of carboxylic acid groups (broad SMARTS) is 1. The van der Waals surface area contributed by atoms with Gasteiger partial charge in [-0.3, -0.25) is 4.79 Å². The van der Waals surface area contributed by atoms with Gasteiger partial charge in [-0.25, -0.2) is 4.79 Å². The van der Waals surface area contributed by atoms with Crippen molar-refractivity contribution in [3.63, 3.8) is 0 Å². The smallest absolute Gasteiger partial charge is 0.319 e. The van der Waals surface area contributed by atoms with Crippen LogP contribution in [0.1, 0.15) is 19.8 Å². The van der Waals surface area contributed by atoms with Gasteiger partial charge in [0.2, 0.25) is 0 Å². The normalized spacial score (nSPS) is 11.8. The van der Waals surface area contributed by atoms with E-state index in [1.165, 1.54) is 0 Å². The highest BCUT2D eigenvalue weighted by Crippen LogP contribution is 2.25. The minimum absolute atomic E-state index is 0.331. The van der Waals surface area contributed by atoms with Gasteiger partial charge in [-0.1, -0.05) is 18.5 Å². The van der Waals surface area contributed by atoms with E-state index in [-0.39, 0.29) is 6.03 Å². The van der Waals surface area contributed by atoms with Crippen LogP contribution in [0.4, 0.5) is 10.5 Å². The van der Waals surface area contributed by atoms with Crippen LogP contribution in [0.25, 0.3) is 0 Å². The standard InChI is InChI=1S/C13H16BrClN2O3/c1-8(12(18)19)3-2-6-16-13(20)17-9-4-5-11(15)10(14)7-9/h4-5,7-8H,2-3,6H2,1H3,(H,18,19)(H2,16,17,20). The summed E-state index contributed by atoms with van der Waals surface area (Å²) in [5.74, 6) is -1.22. The second-order valence-corrected chi connectivity index (χ2v) is 5.65. The number of amides is 2. The average Bonchev–Trinajstić information content (AvgIpc) is 2.38. The molecule has 0 fully saturated rings. The lowest BCUT2D eigenvalue weighted by molar-refractivity contribution is -0.141. The van der Waals surface area contributed by atoms with Gasteiger partial charge in [0, 0.05) is 16.7 Å². The van der Waals surface area contributed by atoms with Crippen molar-refractivity contribution in [2.24, 2.45) is 5.92 Å². The molecular formula is C13H16BrClN2O3. The number of aliphatic carboxylic acids is 1. The molecule has 2 amide bonds. The van der Waals surface area contributed by atoms with Crippen LogP contribution < -0.4 is 10.6 Å². The van der Waals surface area contributed by atoms with Gasteiger partial charge in [0.25, 0.3) is 0 Å². The van der Waals surface area contributed by atoms with Crippen molar-refractivity contribution in [2.75, 3.05) is 11.9 Å². The summed E-state index contributed by atoms with van der Waals surface area (Å²) >= 11 is 9.12. The van der Waals surface area contributed by atoms with Gasteiger partial charge in [0.05, 0.1) is 10.9 Å². The quantitative estimate of drug-likeness (QED) is 0.674. The molecular weight excluding hydrogens is 348 g/mol. The van der Waals surface area contributed by atoms with Gasteiger partial charge in [-0.05, 0) is 47.0 Å². The molecule has 20 heavy (non-hydrogen) atoms. The maximum Gasteiger partial charge on any atom is 0.319 e. The number of rotatable bonds is 6. The van der Waals surface area contributed by atoms with Crippen LogP contribution in [0.15, 0.2) is 22.7 Å². The maximum absolute atomic E-state index is 11.6. The van der Waals surface area contributed by atoms with Crippen LogP contribution in [-0.4, -0.2) is 23.7 Å².